The Labute approximate surface area is 111 Å². The molecule has 1 amide bonds. The molecule has 0 radical (unpaired) electrons. The lowest BCUT2D eigenvalue weighted by Gasteiger charge is -2.16. The van der Waals surface area contributed by atoms with Gasteiger partial charge in [-0.3, -0.25) is 4.79 Å². The number of amides is 1. The van der Waals surface area contributed by atoms with Gasteiger partial charge in [0.25, 0.3) is 0 Å². The summed E-state index contributed by atoms with van der Waals surface area (Å²) in [6.45, 7) is 16.3. The van der Waals surface area contributed by atoms with Crippen LogP contribution in [0.4, 0.5) is 0 Å². The molecule has 0 spiro atoms. The Morgan fingerprint density at radius 2 is 2.00 bits per heavy atom. The van der Waals surface area contributed by atoms with Crippen molar-refractivity contribution in [2.45, 2.75) is 46.1 Å². The standard InChI is InChI=1S/C8H15N.C7H11NO/c1-4-9-6-5-8(2,3)7-9;1-3-8-6(2)4-5-7(8)9/h4H,1,5-7H2,2-3H3;3,6H,1,4-5H2,2H3. The van der Waals surface area contributed by atoms with Gasteiger partial charge in [-0.25, -0.2) is 0 Å². The largest absolute Gasteiger partial charge is 0.377 e. The third kappa shape index (κ3) is 3.90. The summed E-state index contributed by atoms with van der Waals surface area (Å²) in [6.07, 6.45) is 6.52. The molecule has 0 bridgehead atoms. The van der Waals surface area contributed by atoms with Crippen LogP contribution in [0.1, 0.15) is 40.0 Å². The molecule has 1 atom stereocenters. The van der Waals surface area contributed by atoms with Gasteiger partial charge in [-0.2, -0.15) is 0 Å². The van der Waals surface area contributed by atoms with Gasteiger partial charge in [0.1, 0.15) is 0 Å². The second-order valence-electron chi connectivity index (χ2n) is 5.94. The minimum Gasteiger partial charge on any atom is -0.377 e. The lowest BCUT2D eigenvalue weighted by molar-refractivity contribution is -0.126. The summed E-state index contributed by atoms with van der Waals surface area (Å²) >= 11 is 0. The zero-order valence-corrected chi connectivity index (χ0v) is 12.0. The Morgan fingerprint density at radius 3 is 2.22 bits per heavy atom. The second-order valence-corrected chi connectivity index (χ2v) is 5.94. The molecule has 0 aromatic heterocycles. The van der Waals surface area contributed by atoms with Crippen LogP contribution in [-0.2, 0) is 4.79 Å². The van der Waals surface area contributed by atoms with Crippen LogP contribution in [0.15, 0.2) is 25.6 Å². The van der Waals surface area contributed by atoms with Crippen LogP contribution < -0.4 is 0 Å². The van der Waals surface area contributed by atoms with Gasteiger partial charge < -0.3 is 9.80 Å². The fraction of sp³-hybridized carbons (Fsp3) is 0.667. The number of carbonyl (C=O) groups is 1. The minimum atomic E-state index is 0.206. The summed E-state index contributed by atoms with van der Waals surface area (Å²) < 4.78 is 0. The van der Waals surface area contributed by atoms with Crippen molar-refractivity contribution in [2.24, 2.45) is 5.41 Å². The number of likely N-dealkylation sites (tertiary alicyclic amines) is 2. The first-order valence-electron chi connectivity index (χ1n) is 6.70. The molecule has 2 heterocycles. The SMILES string of the molecule is C=CN1C(=O)CCC1C.C=CN1CCC(C)(C)C1. The van der Waals surface area contributed by atoms with E-state index in [1.54, 1.807) is 11.1 Å². The molecule has 2 aliphatic heterocycles. The van der Waals surface area contributed by atoms with Gasteiger partial charge in [-0.05, 0) is 37.6 Å². The summed E-state index contributed by atoms with van der Waals surface area (Å²) in [5, 5.41) is 0. The third-order valence-electron chi connectivity index (χ3n) is 3.70. The molecule has 3 heteroatoms. The van der Waals surface area contributed by atoms with E-state index in [9.17, 15) is 4.79 Å². The Morgan fingerprint density at radius 1 is 1.33 bits per heavy atom. The molecular weight excluding hydrogens is 224 g/mol. The monoisotopic (exact) mass is 250 g/mol. The summed E-state index contributed by atoms with van der Waals surface area (Å²) in [4.78, 5) is 14.8. The van der Waals surface area contributed by atoms with Crippen LogP contribution in [0.25, 0.3) is 0 Å². The van der Waals surface area contributed by atoms with Crippen LogP contribution >= 0.6 is 0 Å². The van der Waals surface area contributed by atoms with Crippen molar-refractivity contribution in [3.05, 3.63) is 25.6 Å². The summed E-state index contributed by atoms with van der Waals surface area (Å²) in [6, 6.07) is 0.370. The van der Waals surface area contributed by atoms with Crippen molar-refractivity contribution in [3.8, 4) is 0 Å². The number of rotatable bonds is 2. The van der Waals surface area contributed by atoms with E-state index in [2.05, 4.69) is 31.9 Å². The van der Waals surface area contributed by atoms with Gasteiger partial charge in [0.15, 0.2) is 0 Å². The molecule has 0 aliphatic carbocycles. The highest BCUT2D eigenvalue weighted by Gasteiger charge is 2.26. The quantitative estimate of drug-likeness (QED) is 0.752. The van der Waals surface area contributed by atoms with Crippen LogP contribution in [0, 0.1) is 5.41 Å². The van der Waals surface area contributed by atoms with E-state index in [1.807, 2.05) is 13.1 Å². The molecule has 2 aliphatic rings. The molecule has 1 unspecified atom stereocenters. The predicted octanol–water partition coefficient (Wildman–Crippen LogP) is 3.00. The highest BCUT2D eigenvalue weighted by atomic mass is 16.2. The summed E-state index contributed by atoms with van der Waals surface area (Å²) in [5.41, 5.74) is 0.522. The van der Waals surface area contributed by atoms with E-state index in [0.717, 1.165) is 6.42 Å². The van der Waals surface area contributed by atoms with E-state index in [0.29, 0.717) is 17.9 Å². The number of nitrogens with zero attached hydrogens (tertiary/aromatic N) is 2. The molecule has 0 saturated carbocycles. The Bertz CT molecular complexity index is 322. The molecule has 2 fully saturated rings. The van der Waals surface area contributed by atoms with Gasteiger partial charge >= 0.3 is 0 Å². The Balaban J connectivity index is 0.000000180. The van der Waals surface area contributed by atoms with Crippen LogP contribution in [0.5, 0.6) is 0 Å². The maximum Gasteiger partial charge on any atom is 0.226 e. The van der Waals surface area contributed by atoms with E-state index >= 15 is 0 Å². The average molecular weight is 250 g/mol. The first-order valence-corrected chi connectivity index (χ1v) is 6.70. The predicted molar refractivity (Wildman–Crippen MR) is 75.9 cm³/mol. The number of carbonyl (C=O) groups excluding carboxylic acids is 1. The van der Waals surface area contributed by atoms with Crippen molar-refractivity contribution < 1.29 is 4.79 Å². The summed E-state index contributed by atoms with van der Waals surface area (Å²) in [5.74, 6) is 0.206. The Hall–Kier alpha value is -1.25. The van der Waals surface area contributed by atoms with Crippen LogP contribution in [0.2, 0.25) is 0 Å². The van der Waals surface area contributed by atoms with Crippen molar-refractivity contribution >= 4 is 5.91 Å². The molecule has 0 aromatic rings. The summed E-state index contributed by atoms with van der Waals surface area (Å²) in [7, 11) is 0. The second kappa shape index (κ2) is 6.07. The fourth-order valence-corrected chi connectivity index (χ4v) is 2.44. The molecule has 0 N–H and O–H groups in total. The van der Waals surface area contributed by atoms with Crippen molar-refractivity contribution in [3.63, 3.8) is 0 Å². The van der Waals surface area contributed by atoms with E-state index in [-0.39, 0.29) is 5.91 Å². The van der Waals surface area contributed by atoms with E-state index in [1.165, 1.54) is 19.5 Å². The van der Waals surface area contributed by atoms with Crippen LogP contribution in [-0.4, -0.2) is 34.8 Å². The highest BCUT2D eigenvalue weighted by molar-refractivity contribution is 5.79. The third-order valence-corrected chi connectivity index (χ3v) is 3.70. The van der Waals surface area contributed by atoms with Crippen molar-refractivity contribution in [2.75, 3.05) is 13.1 Å². The molecule has 18 heavy (non-hydrogen) atoms. The smallest absolute Gasteiger partial charge is 0.226 e. The Kier molecular flexibility index (Phi) is 5.00. The molecule has 2 saturated heterocycles. The maximum atomic E-state index is 10.9. The minimum absolute atomic E-state index is 0.206. The lowest BCUT2D eigenvalue weighted by Crippen LogP contribution is -2.24. The molecule has 3 nitrogen and oxygen atoms in total. The fourth-order valence-electron chi connectivity index (χ4n) is 2.44. The van der Waals surface area contributed by atoms with Crippen molar-refractivity contribution in [1.29, 1.82) is 0 Å². The average Bonchev–Trinajstić information content (AvgIpc) is 2.83. The molecular formula is C15H26N2O. The zero-order chi connectivity index (χ0) is 13.8. The van der Waals surface area contributed by atoms with Gasteiger partial charge in [0, 0.05) is 25.6 Å². The first kappa shape index (κ1) is 14.8. The number of hydrogen-bond acceptors (Lipinski definition) is 2. The number of hydrogen-bond donors (Lipinski definition) is 0. The van der Waals surface area contributed by atoms with E-state index < -0.39 is 0 Å². The molecule has 0 aromatic carbocycles. The zero-order valence-electron chi connectivity index (χ0n) is 12.0. The van der Waals surface area contributed by atoms with Gasteiger partial charge in [-0.1, -0.05) is 27.0 Å². The van der Waals surface area contributed by atoms with Crippen molar-refractivity contribution in [1.82, 2.24) is 9.80 Å². The highest BCUT2D eigenvalue weighted by Crippen LogP contribution is 2.28. The molecule has 102 valence electrons. The maximum absolute atomic E-state index is 10.9. The lowest BCUT2D eigenvalue weighted by atomic mass is 9.93. The van der Waals surface area contributed by atoms with E-state index in [4.69, 9.17) is 0 Å². The first-order chi connectivity index (χ1) is 8.39. The molecule has 2 rings (SSSR count). The topological polar surface area (TPSA) is 23.6 Å². The van der Waals surface area contributed by atoms with Gasteiger partial charge in [0.05, 0.1) is 0 Å². The normalized spacial score (nSPS) is 25.7. The van der Waals surface area contributed by atoms with Gasteiger partial charge in [-0.15, -0.1) is 0 Å². The van der Waals surface area contributed by atoms with Crippen LogP contribution in [0.3, 0.4) is 0 Å². The van der Waals surface area contributed by atoms with Gasteiger partial charge in [0.2, 0.25) is 5.91 Å².